The molecule has 0 saturated carbocycles. The number of amides is 3. The second kappa shape index (κ2) is 16.5. The lowest BCUT2D eigenvalue weighted by Gasteiger charge is -2.39. The molecule has 46 heavy (non-hydrogen) atoms. The Hall–Kier alpha value is -4.77. The Morgan fingerprint density at radius 2 is 1.52 bits per heavy atom. The third-order valence-electron chi connectivity index (χ3n) is 7.44. The molecule has 0 saturated heterocycles. The number of anilines is 1. The van der Waals surface area contributed by atoms with Gasteiger partial charge in [0, 0.05) is 23.7 Å². The Kier molecular flexibility index (Phi) is 12.8. The van der Waals surface area contributed by atoms with Crippen molar-refractivity contribution in [2.45, 2.75) is 84.5 Å². The summed E-state index contributed by atoms with van der Waals surface area (Å²) >= 11 is 0. The Morgan fingerprint density at radius 1 is 0.891 bits per heavy atom. The minimum atomic E-state index is -1.04. The van der Waals surface area contributed by atoms with Gasteiger partial charge in [0.1, 0.15) is 23.4 Å². The summed E-state index contributed by atoms with van der Waals surface area (Å²) in [4.78, 5) is 43.9. The lowest BCUT2D eigenvalue weighted by atomic mass is 9.95. The monoisotopic (exact) mass is 625 g/mol. The number of rotatable bonds is 13. The number of carbonyl (C=O) groups excluding carboxylic acids is 3. The van der Waals surface area contributed by atoms with E-state index in [9.17, 15) is 14.4 Å². The van der Waals surface area contributed by atoms with Crippen molar-refractivity contribution in [2.24, 2.45) is 5.92 Å². The van der Waals surface area contributed by atoms with Crippen LogP contribution in [-0.4, -0.2) is 47.6 Å². The largest absolute Gasteiger partial charge is 0.497 e. The third kappa shape index (κ3) is 10.7. The standard InChI is InChI=1S/C38H47N3O5/c1-9-28-17-19-30(20-18-28)34(35(42)39-31-21-23-32(45-8)24-22-31)41(27(4)16-15-26(2)3)36(43)33(25-29-13-11-10-12-14-29)40-37(44)46-38(5,6)7/h1,10-14,17-24,26-27,33-34H,15-16,25H2,2-8H3,(H,39,42)(H,40,44). The summed E-state index contributed by atoms with van der Waals surface area (Å²) in [6.45, 7) is 11.5. The number of methoxy groups -OCH3 is 1. The van der Waals surface area contributed by atoms with E-state index in [0.29, 0.717) is 34.9 Å². The molecule has 8 heteroatoms. The van der Waals surface area contributed by atoms with Crippen molar-refractivity contribution in [3.63, 3.8) is 0 Å². The van der Waals surface area contributed by atoms with E-state index in [0.717, 1.165) is 12.0 Å². The van der Waals surface area contributed by atoms with Crippen LogP contribution in [0.4, 0.5) is 10.5 Å². The van der Waals surface area contributed by atoms with Crippen LogP contribution in [0, 0.1) is 18.3 Å². The van der Waals surface area contributed by atoms with E-state index >= 15 is 0 Å². The third-order valence-corrected chi connectivity index (χ3v) is 7.44. The van der Waals surface area contributed by atoms with Gasteiger partial charge >= 0.3 is 6.09 Å². The molecule has 0 radical (unpaired) electrons. The molecule has 3 atom stereocenters. The zero-order valence-corrected chi connectivity index (χ0v) is 28.0. The predicted molar refractivity (Wildman–Crippen MR) is 182 cm³/mol. The van der Waals surface area contributed by atoms with Crippen LogP contribution in [0.2, 0.25) is 0 Å². The van der Waals surface area contributed by atoms with Gasteiger partial charge in [0.15, 0.2) is 0 Å². The zero-order chi connectivity index (χ0) is 33.9. The number of carbonyl (C=O) groups is 3. The minimum absolute atomic E-state index is 0.204. The van der Waals surface area contributed by atoms with E-state index in [4.69, 9.17) is 15.9 Å². The second-order valence-electron chi connectivity index (χ2n) is 12.8. The van der Waals surface area contributed by atoms with Crippen LogP contribution in [0.1, 0.15) is 77.1 Å². The molecule has 0 spiro atoms. The maximum atomic E-state index is 14.8. The summed E-state index contributed by atoms with van der Waals surface area (Å²) in [7, 11) is 1.57. The number of hydrogen-bond acceptors (Lipinski definition) is 5. The molecule has 3 rings (SSSR count). The summed E-state index contributed by atoms with van der Waals surface area (Å²) in [6.07, 6.45) is 6.59. The Labute approximate surface area is 273 Å². The molecule has 0 heterocycles. The SMILES string of the molecule is C#Cc1ccc(C(C(=O)Nc2ccc(OC)cc2)N(C(=O)C(Cc2ccccc2)NC(=O)OC(C)(C)C)C(C)CCC(C)C)cc1. The van der Waals surface area contributed by atoms with Gasteiger partial charge in [-0.3, -0.25) is 9.59 Å². The predicted octanol–water partition coefficient (Wildman–Crippen LogP) is 7.15. The number of ether oxygens (including phenoxy) is 2. The Morgan fingerprint density at radius 3 is 2.07 bits per heavy atom. The number of alkyl carbamates (subject to hydrolysis) is 1. The van der Waals surface area contributed by atoms with Gasteiger partial charge in [0.2, 0.25) is 5.91 Å². The summed E-state index contributed by atoms with van der Waals surface area (Å²) in [6, 6.07) is 21.1. The molecule has 0 aliphatic heterocycles. The number of benzene rings is 3. The molecule has 3 unspecified atom stereocenters. The van der Waals surface area contributed by atoms with Gasteiger partial charge in [0.05, 0.1) is 7.11 Å². The first-order valence-corrected chi connectivity index (χ1v) is 15.7. The highest BCUT2D eigenvalue weighted by atomic mass is 16.6. The van der Waals surface area contributed by atoms with Crippen LogP contribution in [0.3, 0.4) is 0 Å². The molecule has 3 aromatic carbocycles. The maximum absolute atomic E-state index is 14.8. The van der Waals surface area contributed by atoms with Gasteiger partial charge in [-0.25, -0.2) is 4.79 Å². The zero-order valence-electron chi connectivity index (χ0n) is 28.0. The van der Waals surface area contributed by atoms with Crippen LogP contribution in [0.5, 0.6) is 5.75 Å². The van der Waals surface area contributed by atoms with Crippen molar-refractivity contribution >= 4 is 23.6 Å². The highest BCUT2D eigenvalue weighted by molar-refractivity contribution is 5.99. The van der Waals surface area contributed by atoms with Crippen molar-refractivity contribution in [3.05, 3.63) is 95.6 Å². The molecule has 3 amide bonds. The molecule has 0 aliphatic rings. The topological polar surface area (TPSA) is 97.0 Å². The first kappa shape index (κ1) is 35.7. The summed E-state index contributed by atoms with van der Waals surface area (Å²) in [5.41, 5.74) is 1.87. The molecule has 0 bridgehead atoms. The molecule has 244 valence electrons. The quantitative estimate of drug-likeness (QED) is 0.197. The first-order chi connectivity index (χ1) is 21.8. The summed E-state index contributed by atoms with van der Waals surface area (Å²) in [5.74, 6) is 2.83. The fraction of sp³-hybridized carbons (Fsp3) is 0.395. The maximum Gasteiger partial charge on any atom is 0.408 e. The fourth-order valence-electron chi connectivity index (χ4n) is 5.08. The lowest BCUT2D eigenvalue weighted by molar-refractivity contribution is -0.143. The normalized spacial score (nSPS) is 13.1. The van der Waals surface area contributed by atoms with Crippen molar-refractivity contribution in [3.8, 4) is 18.1 Å². The van der Waals surface area contributed by atoms with Crippen LogP contribution in [-0.2, 0) is 20.7 Å². The van der Waals surface area contributed by atoms with Gasteiger partial charge in [-0.2, -0.15) is 0 Å². The van der Waals surface area contributed by atoms with Gasteiger partial charge in [0.25, 0.3) is 5.91 Å². The van der Waals surface area contributed by atoms with Gasteiger partial charge in [-0.05, 0) is 94.0 Å². The van der Waals surface area contributed by atoms with E-state index in [-0.39, 0.29) is 12.5 Å². The molecule has 0 aromatic heterocycles. The van der Waals surface area contributed by atoms with Crippen LogP contribution in [0.25, 0.3) is 0 Å². The van der Waals surface area contributed by atoms with E-state index < -0.39 is 35.6 Å². The molecule has 0 fully saturated rings. The minimum Gasteiger partial charge on any atom is -0.497 e. The van der Waals surface area contributed by atoms with E-state index in [2.05, 4.69) is 30.4 Å². The molecule has 2 N–H and O–H groups in total. The summed E-state index contributed by atoms with van der Waals surface area (Å²) < 4.78 is 10.8. The summed E-state index contributed by atoms with van der Waals surface area (Å²) in [5, 5.41) is 5.82. The molecule has 3 aromatic rings. The average Bonchev–Trinajstić information content (AvgIpc) is 3.01. The second-order valence-corrected chi connectivity index (χ2v) is 12.8. The first-order valence-electron chi connectivity index (χ1n) is 15.7. The number of terminal acetylenes is 1. The number of hydrogen-bond donors (Lipinski definition) is 2. The molecular formula is C38H47N3O5. The number of nitrogens with one attached hydrogen (secondary N) is 2. The van der Waals surface area contributed by atoms with Crippen molar-refractivity contribution in [2.75, 3.05) is 12.4 Å². The fourth-order valence-corrected chi connectivity index (χ4v) is 5.08. The molecule has 8 nitrogen and oxygen atoms in total. The van der Waals surface area contributed by atoms with Crippen molar-refractivity contribution < 1.29 is 23.9 Å². The van der Waals surface area contributed by atoms with E-state index in [1.54, 1.807) is 81.3 Å². The highest BCUT2D eigenvalue weighted by Gasteiger charge is 2.39. The van der Waals surface area contributed by atoms with E-state index in [1.807, 2.05) is 37.3 Å². The van der Waals surface area contributed by atoms with Crippen LogP contribution < -0.4 is 15.4 Å². The average molecular weight is 626 g/mol. The van der Waals surface area contributed by atoms with Crippen LogP contribution in [0.15, 0.2) is 78.9 Å². The van der Waals surface area contributed by atoms with Gasteiger partial charge < -0.3 is 25.0 Å². The van der Waals surface area contributed by atoms with Crippen molar-refractivity contribution in [1.29, 1.82) is 0 Å². The van der Waals surface area contributed by atoms with E-state index in [1.165, 1.54) is 0 Å². The van der Waals surface area contributed by atoms with Gasteiger partial charge in [-0.15, -0.1) is 6.42 Å². The number of nitrogens with zero attached hydrogens (tertiary/aromatic N) is 1. The Bertz CT molecular complexity index is 1470. The van der Waals surface area contributed by atoms with Gasteiger partial charge in [-0.1, -0.05) is 62.2 Å². The van der Waals surface area contributed by atoms with Crippen LogP contribution >= 0.6 is 0 Å². The molecular weight excluding hydrogens is 578 g/mol. The smallest absolute Gasteiger partial charge is 0.408 e. The van der Waals surface area contributed by atoms with Crippen molar-refractivity contribution in [1.82, 2.24) is 10.2 Å². The molecule has 0 aliphatic carbocycles. The highest BCUT2D eigenvalue weighted by Crippen LogP contribution is 2.30. The lowest BCUT2D eigenvalue weighted by Crippen LogP contribution is -2.55. The Balaban J connectivity index is 2.13.